The number of primary amides is 1. The highest BCUT2D eigenvalue weighted by molar-refractivity contribution is 5.97. The highest BCUT2D eigenvalue weighted by atomic mass is 16.2. The zero-order valence-electron chi connectivity index (χ0n) is 13.8. The van der Waals surface area contributed by atoms with E-state index in [1.54, 1.807) is 43.3 Å². The summed E-state index contributed by atoms with van der Waals surface area (Å²) in [6.07, 6.45) is 0. The van der Waals surface area contributed by atoms with Crippen molar-refractivity contribution in [2.45, 2.75) is 19.0 Å². The Balaban J connectivity index is 2.08. The number of nitrogen functional groups attached to an aromatic ring is 1. The summed E-state index contributed by atoms with van der Waals surface area (Å²) in [7, 11) is 0. The second kappa shape index (κ2) is 7.99. The Bertz CT molecular complexity index is 815. The molecule has 25 heavy (non-hydrogen) atoms. The maximum Gasteiger partial charge on any atom is 0.251 e. The Morgan fingerprint density at radius 1 is 0.960 bits per heavy atom. The number of benzene rings is 2. The molecule has 0 fully saturated rings. The number of carbonyl (C=O) groups is 2. The van der Waals surface area contributed by atoms with E-state index in [0.717, 1.165) is 11.1 Å². The van der Waals surface area contributed by atoms with Crippen molar-refractivity contribution >= 4 is 17.5 Å². The smallest absolute Gasteiger partial charge is 0.251 e. The second-order valence-electron chi connectivity index (χ2n) is 5.66. The minimum absolute atomic E-state index is 0.393. The molecule has 0 radical (unpaired) electrons. The van der Waals surface area contributed by atoms with E-state index in [1.165, 1.54) is 0 Å². The van der Waals surface area contributed by atoms with Gasteiger partial charge in [0.2, 0.25) is 5.91 Å². The van der Waals surface area contributed by atoms with Crippen LogP contribution in [0.3, 0.4) is 0 Å². The van der Waals surface area contributed by atoms with Crippen LogP contribution in [0.5, 0.6) is 0 Å². The van der Waals surface area contributed by atoms with Crippen molar-refractivity contribution in [3.63, 3.8) is 0 Å². The first kappa shape index (κ1) is 18.0. The lowest BCUT2D eigenvalue weighted by Crippen LogP contribution is -2.53. The average molecular weight is 336 g/mol. The first-order chi connectivity index (χ1) is 11.9. The van der Waals surface area contributed by atoms with Crippen LogP contribution < -0.4 is 22.5 Å². The third-order valence-electron chi connectivity index (χ3n) is 3.53. The number of nitrogens with one attached hydrogen (secondary N) is 1. The van der Waals surface area contributed by atoms with E-state index in [0.29, 0.717) is 11.3 Å². The predicted molar refractivity (Wildman–Crippen MR) is 97.4 cm³/mol. The molecule has 2 aromatic carbocycles. The molecule has 0 aliphatic carbocycles. The van der Waals surface area contributed by atoms with E-state index in [1.807, 2.05) is 12.1 Å². The van der Waals surface area contributed by atoms with Crippen molar-refractivity contribution in [3.05, 3.63) is 65.2 Å². The lowest BCUT2D eigenvalue weighted by atomic mass is 10.1. The summed E-state index contributed by atoms with van der Waals surface area (Å²) in [6.45, 7) is 1.60. The van der Waals surface area contributed by atoms with Gasteiger partial charge >= 0.3 is 0 Å². The largest absolute Gasteiger partial charge is 0.399 e. The van der Waals surface area contributed by atoms with E-state index in [2.05, 4.69) is 17.2 Å². The normalized spacial score (nSPS) is 12.4. The Morgan fingerprint density at radius 3 is 1.88 bits per heavy atom. The van der Waals surface area contributed by atoms with E-state index in [4.69, 9.17) is 17.2 Å². The van der Waals surface area contributed by atoms with Gasteiger partial charge in [0.15, 0.2) is 0 Å². The molecule has 0 aliphatic rings. The number of anilines is 1. The van der Waals surface area contributed by atoms with Crippen molar-refractivity contribution in [1.82, 2.24) is 5.32 Å². The molecule has 2 rings (SSSR count). The molecule has 0 aromatic heterocycles. The molecule has 2 aromatic rings. The average Bonchev–Trinajstić information content (AvgIpc) is 2.59. The summed E-state index contributed by atoms with van der Waals surface area (Å²) >= 11 is 0. The van der Waals surface area contributed by atoms with E-state index in [9.17, 15) is 9.59 Å². The van der Waals surface area contributed by atoms with Crippen LogP contribution in [0.2, 0.25) is 0 Å². The molecule has 0 saturated heterocycles. The summed E-state index contributed by atoms with van der Waals surface area (Å²) < 4.78 is 0. The van der Waals surface area contributed by atoms with Crippen LogP contribution >= 0.6 is 0 Å². The van der Waals surface area contributed by atoms with Crippen LogP contribution in [0.25, 0.3) is 0 Å². The van der Waals surface area contributed by atoms with Crippen molar-refractivity contribution in [1.29, 1.82) is 0 Å². The van der Waals surface area contributed by atoms with Crippen molar-refractivity contribution in [2.24, 2.45) is 11.5 Å². The number of nitrogens with two attached hydrogens (primary N) is 3. The molecule has 0 bridgehead atoms. The van der Waals surface area contributed by atoms with Crippen LogP contribution in [0, 0.1) is 11.8 Å². The van der Waals surface area contributed by atoms with Crippen molar-refractivity contribution in [3.8, 4) is 11.8 Å². The van der Waals surface area contributed by atoms with Gasteiger partial charge in [-0.2, -0.15) is 0 Å². The second-order valence-corrected chi connectivity index (χ2v) is 5.66. The van der Waals surface area contributed by atoms with Gasteiger partial charge in [-0.3, -0.25) is 9.59 Å². The fourth-order valence-corrected chi connectivity index (χ4v) is 2.10. The maximum atomic E-state index is 12.2. The maximum absolute atomic E-state index is 12.2. The molecule has 7 N–H and O–H groups in total. The molecule has 0 spiro atoms. The monoisotopic (exact) mass is 336 g/mol. The highest BCUT2D eigenvalue weighted by Crippen LogP contribution is 2.06. The van der Waals surface area contributed by atoms with Gasteiger partial charge in [0.1, 0.15) is 6.04 Å². The van der Waals surface area contributed by atoms with E-state index in [-0.39, 0.29) is 0 Å². The van der Waals surface area contributed by atoms with E-state index >= 15 is 0 Å². The van der Waals surface area contributed by atoms with Gasteiger partial charge in [0.25, 0.3) is 5.91 Å². The fourth-order valence-electron chi connectivity index (χ4n) is 2.10. The summed E-state index contributed by atoms with van der Waals surface area (Å²) in [4.78, 5) is 23.5. The molecule has 6 heteroatoms. The molecule has 0 aliphatic heterocycles. The Morgan fingerprint density at radius 2 is 1.44 bits per heavy atom. The zero-order valence-corrected chi connectivity index (χ0v) is 13.8. The standard InChI is InChI=1S/C19H20N4O2/c1-12(20)17(18(22)24)23-19(25)15-8-4-13(5-9-15)2-3-14-6-10-16(21)11-7-14/h4-12,17H,20-21H2,1H3,(H2,22,24)(H,23,25). The first-order valence-corrected chi connectivity index (χ1v) is 7.70. The van der Waals surface area contributed by atoms with Crippen molar-refractivity contribution < 1.29 is 9.59 Å². The molecule has 2 unspecified atom stereocenters. The quantitative estimate of drug-likeness (QED) is 0.482. The van der Waals surface area contributed by atoms with Crippen LogP contribution in [-0.4, -0.2) is 23.9 Å². The van der Waals surface area contributed by atoms with Crippen LogP contribution in [0.1, 0.15) is 28.4 Å². The number of carbonyl (C=O) groups excluding carboxylic acids is 2. The fraction of sp³-hybridized carbons (Fsp3) is 0.158. The topological polar surface area (TPSA) is 124 Å². The molecule has 128 valence electrons. The van der Waals surface area contributed by atoms with Crippen LogP contribution in [-0.2, 0) is 4.79 Å². The minimum Gasteiger partial charge on any atom is -0.399 e. The van der Waals surface area contributed by atoms with Gasteiger partial charge in [-0.15, -0.1) is 0 Å². The van der Waals surface area contributed by atoms with E-state index < -0.39 is 23.9 Å². The first-order valence-electron chi connectivity index (χ1n) is 7.70. The van der Waals surface area contributed by atoms with Gasteiger partial charge in [0.05, 0.1) is 0 Å². The molecule has 2 atom stereocenters. The minimum atomic E-state index is -0.919. The van der Waals surface area contributed by atoms with Gasteiger partial charge in [-0.1, -0.05) is 11.8 Å². The van der Waals surface area contributed by atoms with Crippen LogP contribution in [0.4, 0.5) is 5.69 Å². The Labute approximate surface area is 146 Å². The molecule has 0 saturated carbocycles. The number of hydrogen-bond donors (Lipinski definition) is 4. The summed E-state index contributed by atoms with van der Waals surface area (Å²) in [5.74, 6) is 4.93. The molecule has 0 heterocycles. The van der Waals surface area contributed by atoms with Gasteiger partial charge in [0, 0.05) is 28.4 Å². The third-order valence-corrected chi connectivity index (χ3v) is 3.53. The van der Waals surface area contributed by atoms with Gasteiger partial charge < -0.3 is 22.5 Å². The predicted octanol–water partition coefficient (Wildman–Crippen LogP) is 0.599. The van der Waals surface area contributed by atoms with Crippen molar-refractivity contribution in [2.75, 3.05) is 5.73 Å². The molecule has 2 amide bonds. The SMILES string of the molecule is CC(N)C(NC(=O)c1ccc(C#Cc2ccc(N)cc2)cc1)C(N)=O. The number of amides is 2. The third kappa shape index (κ3) is 5.09. The van der Waals surface area contributed by atoms with Gasteiger partial charge in [-0.05, 0) is 55.5 Å². The van der Waals surface area contributed by atoms with Gasteiger partial charge in [-0.25, -0.2) is 0 Å². The Kier molecular flexibility index (Phi) is 5.77. The summed E-state index contributed by atoms with van der Waals surface area (Å²) in [5.41, 5.74) is 19.2. The molecular weight excluding hydrogens is 316 g/mol. The lowest BCUT2D eigenvalue weighted by Gasteiger charge is -2.18. The number of hydrogen-bond acceptors (Lipinski definition) is 4. The summed E-state index contributed by atoms with van der Waals surface area (Å²) in [5, 5.41) is 2.53. The Hall–Kier alpha value is -3.30. The zero-order chi connectivity index (χ0) is 18.4. The molecular formula is C19H20N4O2. The van der Waals surface area contributed by atoms with Crippen LogP contribution in [0.15, 0.2) is 48.5 Å². The molecule has 6 nitrogen and oxygen atoms in total. The summed E-state index contributed by atoms with van der Waals surface area (Å²) in [6, 6.07) is 12.4. The lowest BCUT2D eigenvalue weighted by molar-refractivity contribution is -0.120. The number of rotatable bonds is 4. The highest BCUT2D eigenvalue weighted by Gasteiger charge is 2.22.